The standard InChI is InChI=1S/C16H10ClF3N2O/c17-14-11(2-1-3-12(14)16(18,19)20)15(23)22-10-4-5-13-9(8-10)6-7-21-13/h1-8,21H,(H,22,23). The number of carbonyl (C=O) groups excluding carboxylic acids is 1. The molecule has 1 heterocycles. The molecule has 1 amide bonds. The van der Waals surface area contributed by atoms with Crippen molar-refractivity contribution >= 4 is 34.1 Å². The lowest BCUT2D eigenvalue weighted by Crippen LogP contribution is -2.15. The fourth-order valence-corrected chi connectivity index (χ4v) is 2.57. The molecule has 0 aliphatic heterocycles. The molecule has 0 radical (unpaired) electrons. The number of alkyl halides is 3. The number of rotatable bonds is 2. The summed E-state index contributed by atoms with van der Waals surface area (Å²) < 4.78 is 38.5. The maximum Gasteiger partial charge on any atom is 0.417 e. The second-order valence-electron chi connectivity index (χ2n) is 4.90. The first kappa shape index (κ1) is 15.4. The van der Waals surface area contributed by atoms with E-state index >= 15 is 0 Å². The minimum absolute atomic E-state index is 0.226. The zero-order chi connectivity index (χ0) is 16.6. The minimum atomic E-state index is -4.61. The third kappa shape index (κ3) is 3.03. The van der Waals surface area contributed by atoms with Crippen LogP contribution in [0.5, 0.6) is 0 Å². The first-order valence-electron chi connectivity index (χ1n) is 6.60. The van der Waals surface area contributed by atoms with Crippen LogP contribution < -0.4 is 5.32 Å². The van der Waals surface area contributed by atoms with Crippen LogP contribution in [0, 0.1) is 0 Å². The van der Waals surface area contributed by atoms with Crippen molar-refractivity contribution in [2.45, 2.75) is 6.18 Å². The van der Waals surface area contributed by atoms with E-state index in [0.29, 0.717) is 5.69 Å². The van der Waals surface area contributed by atoms with Crippen molar-refractivity contribution in [3.8, 4) is 0 Å². The largest absolute Gasteiger partial charge is 0.417 e. The Morgan fingerprint density at radius 1 is 1.13 bits per heavy atom. The Bertz CT molecular complexity index is 886. The predicted molar refractivity (Wildman–Crippen MR) is 82.7 cm³/mol. The number of carbonyl (C=O) groups is 1. The molecule has 2 N–H and O–H groups in total. The monoisotopic (exact) mass is 338 g/mol. The van der Waals surface area contributed by atoms with Gasteiger partial charge in [-0.25, -0.2) is 0 Å². The van der Waals surface area contributed by atoms with Crippen LogP contribution in [0.4, 0.5) is 18.9 Å². The van der Waals surface area contributed by atoms with E-state index in [2.05, 4.69) is 10.3 Å². The number of fused-ring (bicyclic) bond motifs is 1. The fraction of sp³-hybridized carbons (Fsp3) is 0.0625. The van der Waals surface area contributed by atoms with Gasteiger partial charge < -0.3 is 10.3 Å². The van der Waals surface area contributed by atoms with Crippen LogP contribution in [-0.4, -0.2) is 10.9 Å². The van der Waals surface area contributed by atoms with E-state index in [9.17, 15) is 18.0 Å². The summed E-state index contributed by atoms with van der Waals surface area (Å²) in [6.45, 7) is 0. The van der Waals surface area contributed by atoms with Gasteiger partial charge in [0.1, 0.15) is 0 Å². The van der Waals surface area contributed by atoms with Crippen molar-refractivity contribution in [3.05, 3.63) is 64.8 Å². The van der Waals surface area contributed by atoms with Gasteiger partial charge in [0.2, 0.25) is 0 Å². The van der Waals surface area contributed by atoms with E-state index < -0.39 is 22.7 Å². The number of halogens is 4. The number of nitrogens with one attached hydrogen (secondary N) is 2. The molecule has 7 heteroatoms. The highest BCUT2D eigenvalue weighted by molar-refractivity contribution is 6.35. The lowest BCUT2D eigenvalue weighted by Gasteiger charge is -2.12. The molecular formula is C16H10ClF3N2O. The molecule has 0 saturated carbocycles. The Kier molecular flexibility index (Phi) is 3.77. The van der Waals surface area contributed by atoms with Crippen molar-refractivity contribution in [3.63, 3.8) is 0 Å². The van der Waals surface area contributed by atoms with Crippen LogP contribution in [0.2, 0.25) is 5.02 Å². The first-order valence-corrected chi connectivity index (χ1v) is 6.98. The van der Waals surface area contributed by atoms with E-state index in [-0.39, 0.29) is 5.56 Å². The highest BCUT2D eigenvalue weighted by Gasteiger charge is 2.34. The fourth-order valence-electron chi connectivity index (χ4n) is 2.26. The molecule has 0 saturated heterocycles. The molecule has 0 unspecified atom stereocenters. The molecule has 118 valence electrons. The van der Waals surface area contributed by atoms with E-state index in [1.54, 1.807) is 24.4 Å². The maximum atomic E-state index is 12.8. The number of anilines is 1. The zero-order valence-corrected chi connectivity index (χ0v) is 12.3. The molecule has 3 nitrogen and oxygen atoms in total. The molecule has 1 aromatic heterocycles. The van der Waals surface area contributed by atoms with Crippen molar-refractivity contribution in [1.82, 2.24) is 4.98 Å². The van der Waals surface area contributed by atoms with E-state index in [1.165, 1.54) is 6.07 Å². The van der Waals surface area contributed by atoms with Gasteiger partial charge in [0.05, 0.1) is 16.1 Å². The number of H-pyrrole nitrogens is 1. The molecule has 0 fully saturated rings. The summed E-state index contributed by atoms with van der Waals surface area (Å²) in [5, 5.41) is 2.82. The number of benzene rings is 2. The molecule has 3 rings (SSSR count). The van der Waals surface area contributed by atoms with Crippen LogP contribution in [0.3, 0.4) is 0 Å². The van der Waals surface area contributed by atoms with Gasteiger partial charge in [-0.3, -0.25) is 4.79 Å². The summed E-state index contributed by atoms with van der Waals surface area (Å²) >= 11 is 5.75. The van der Waals surface area contributed by atoms with Crippen LogP contribution in [0.25, 0.3) is 10.9 Å². The van der Waals surface area contributed by atoms with E-state index in [1.807, 2.05) is 6.07 Å². The van der Waals surface area contributed by atoms with Crippen LogP contribution in [0.15, 0.2) is 48.7 Å². The molecule has 0 spiro atoms. The number of amides is 1. The summed E-state index contributed by atoms with van der Waals surface area (Å²) in [4.78, 5) is 15.2. The smallest absolute Gasteiger partial charge is 0.361 e. The van der Waals surface area contributed by atoms with Crippen LogP contribution in [0.1, 0.15) is 15.9 Å². The summed E-state index contributed by atoms with van der Waals surface area (Å²) in [5.41, 5.74) is 0.0965. The predicted octanol–water partition coefficient (Wildman–Crippen LogP) is 5.09. The number of aromatic nitrogens is 1. The highest BCUT2D eigenvalue weighted by Crippen LogP contribution is 2.36. The number of hydrogen-bond acceptors (Lipinski definition) is 1. The maximum absolute atomic E-state index is 12.8. The lowest BCUT2D eigenvalue weighted by atomic mass is 10.1. The van der Waals surface area contributed by atoms with Crippen LogP contribution in [-0.2, 0) is 6.18 Å². The SMILES string of the molecule is O=C(Nc1ccc2[nH]ccc2c1)c1cccc(C(F)(F)F)c1Cl. The molecule has 0 aliphatic rings. The van der Waals surface area contributed by atoms with Crippen molar-refractivity contribution in [2.24, 2.45) is 0 Å². The van der Waals surface area contributed by atoms with Gasteiger partial charge >= 0.3 is 6.18 Å². The Balaban J connectivity index is 1.91. The van der Waals surface area contributed by atoms with Gasteiger partial charge in [0, 0.05) is 22.8 Å². The van der Waals surface area contributed by atoms with Gasteiger partial charge in [-0.2, -0.15) is 13.2 Å². The van der Waals surface area contributed by atoms with Gasteiger partial charge in [0.25, 0.3) is 5.91 Å². The molecule has 0 bridgehead atoms. The Hall–Kier alpha value is -2.47. The van der Waals surface area contributed by atoms with Gasteiger partial charge in [-0.1, -0.05) is 17.7 Å². The molecule has 2 aromatic carbocycles. The summed E-state index contributed by atoms with van der Waals surface area (Å²) in [7, 11) is 0. The number of hydrogen-bond donors (Lipinski definition) is 2. The lowest BCUT2D eigenvalue weighted by molar-refractivity contribution is -0.137. The van der Waals surface area contributed by atoms with Gasteiger partial charge in [0.15, 0.2) is 0 Å². The molecule has 3 aromatic rings. The summed E-state index contributed by atoms with van der Waals surface area (Å²) in [5.74, 6) is -0.698. The van der Waals surface area contributed by atoms with Crippen molar-refractivity contribution in [2.75, 3.05) is 5.32 Å². The Labute approximate surface area is 134 Å². The Morgan fingerprint density at radius 3 is 2.65 bits per heavy atom. The van der Waals surface area contributed by atoms with E-state index in [0.717, 1.165) is 23.0 Å². The molecular weight excluding hydrogens is 329 g/mol. The van der Waals surface area contributed by atoms with E-state index in [4.69, 9.17) is 11.6 Å². The van der Waals surface area contributed by atoms with Crippen molar-refractivity contribution < 1.29 is 18.0 Å². The average Bonchev–Trinajstić information content (AvgIpc) is 2.93. The normalized spacial score (nSPS) is 11.7. The minimum Gasteiger partial charge on any atom is -0.361 e. The van der Waals surface area contributed by atoms with Gasteiger partial charge in [-0.05, 0) is 36.4 Å². The third-order valence-electron chi connectivity index (χ3n) is 3.36. The topological polar surface area (TPSA) is 44.9 Å². The molecule has 0 aliphatic carbocycles. The molecule has 23 heavy (non-hydrogen) atoms. The second kappa shape index (κ2) is 5.62. The average molecular weight is 339 g/mol. The summed E-state index contributed by atoms with van der Waals surface area (Å²) in [6.07, 6.45) is -2.86. The third-order valence-corrected chi connectivity index (χ3v) is 3.77. The quantitative estimate of drug-likeness (QED) is 0.671. The second-order valence-corrected chi connectivity index (χ2v) is 5.28. The summed E-state index contributed by atoms with van der Waals surface area (Å²) in [6, 6.07) is 10.2. The Morgan fingerprint density at radius 2 is 1.91 bits per heavy atom. The highest BCUT2D eigenvalue weighted by atomic mass is 35.5. The molecule has 0 atom stereocenters. The van der Waals surface area contributed by atoms with Crippen molar-refractivity contribution in [1.29, 1.82) is 0 Å². The zero-order valence-electron chi connectivity index (χ0n) is 11.5. The van der Waals surface area contributed by atoms with Gasteiger partial charge in [-0.15, -0.1) is 0 Å². The number of aromatic amines is 1. The first-order chi connectivity index (χ1) is 10.9. The van der Waals surface area contributed by atoms with Crippen LogP contribution >= 0.6 is 11.6 Å².